The highest BCUT2D eigenvalue weighted by molar-refractivity contribution is 5.81. The molecule has 114 valence electrons. The van der Waals surface area contributed by atoms with Gasteiger partial charge in [-0.05, 0) is 43.2 Å². The number of carbonyl (C=O) groups is 1. The summed E-state index contributed by atoms with van der Waals surface area (Å²) in [4.78, 5) is 12.2. The van der Waals surface area contributed by atoms with Crippen LogP contribution >= 0.6 is 0 Å². The van der Waals surface area contributed by atoms with E-state index in [0.717, 1.165) is 39.0 Å². The molecule has 1 aliphatic heterocycles. The highest BCUT2D eigenvalue weighted by Crippen LogP contribution is 2.39. The molecule has 2 fully saturated rings. The van der Waals surface area contributed by atoms with Gasteiger partial charge in [-0.15, -0.1) is 0 Å². The van der Waals surface area contributed by atoms with E-state index < -0.39 is 0 Å². The van der Waals surface area contributed by atoms with Gasteiger partial charge in [0.05, 0.1) is 0 Å². The fourth-order valence-electron chi connectivity index (χ4n) is 3.55. The van der Waals surface area contributed by atoms with E-state index in [2.05, 4.69) is 43.4 Å². The van der Waals surface area contributed by atoms with Crippen LogP contribution in [0.1, 0.15) is 37.3 Å². The zero-order chi connectivity index (χ0) is 14.9. The van der Waals surface area contributed by atoms with E-state index in [-0.39, 0.29) is 17.2 Å². The van der Waals surface area contributed by atoms with Gasteiger partial charge < -0.3 is 10.1 Å². The maximum atomic E-state index is 12.2. The van der Waals surface area contributed by atoms with Gasteiger partial charge in [0.15, 0.2) is 0 Å². The summed E-state index contributed by atoms with van der Waals surface area (Å²) in [6.07, 6.45) is 3.02. The summed E-state index contributed by atoms with van der Waals surface area (Å²) in [6.45, 7) is 6.62. The standard InChI is InChI=1S/C18H25NO2/c1-13-5-3-4-6-16(13)18(7-9-21-10-8-18)12-19-17(20)15-11-14(15)2/h3-6,14-15H,7-12H2,1-2H3,(H,19,20)/t14-,15-/m0/s1. The summed E-state index contributed by atoms with van der Waals surface area (Å²) < 4.78 is 5.56. The second-order valence-corrected chi connectivity index (χ2v) is 6.74. The Kier molecular flexibility index (Phi) is 4.03. The van der Waals surface area contributed by atoms with E-state index in [9.17, 15) is 4.79 Å². The molecule has 1 aromatic rings. The van der Waals surface area contributed by atoms with Gasteiger partial charge in [-0.3, -0.25) is 4.79 Å². The highest BCUT2D eigenvalue weighted by atomic mass is 16.5. The Labute approximate surface area is 127 Å². The molecule has 1 amide bonds. The van der Waals surface area contributed by atoms with Crippen molar-refractivity contribution in [2.75, 3.05) is 19.8 Å². The summed E-state index contributed by atoms with van der Waals surface area (Å²) in [5, 5.41) is 3.22. The lowest BCUT2D eigenvalue weighted by Gasteiger charge is -2.39. The molecular weight excluding hydrogens is 262 g/mol. The second kappa shape index (κ2) is 5.80. The van der Waals surface area contributed by atoms with E-state index in [4.69, 9.17) is 4.74 Å². The average Bonchev–Trinajstić information content (AvgIpc) is 3.23. The minimum atomic E-state index is 0.0391. The summed E-state index contributed by atoms with van der Waals surface area (Å²) in [5.41, 5.74) is 2.73. The first kappa shape index (κ1) is 14.6. The van der Waals surface area contributed by atoms with Crippen molar-refractivity contribution in [1.82, 2.24) is 5.32 Å². The third-order valence-corrected chi connectivity index (χ3v) is 5.21. The number of amides is 1. The fraction of sp³-hybridized carbons (Fsp3) is 0.611. The minimum absolute atomic E-state index is 0.0391. The van der Waals surface area contributed by atoms with E-state index in [1.807, 2.05) is 0 Å². The third-order valence-electron chi connectivity index (χ3n) is 5.21. The van der Waals surface area contributed by atoms with E-state index in [1.54, 1.807) is 0 Å². The molecule has 1 aliphatic carbocycles. The lowest BCUT2D eigenvalue weighted by molar-refractivity contribution is -0.123. The summed E-state index contributed by atoms with van der Waals surface area (Å²) in [5.74, 6) is 1.05. The van der Waals surface area contributed by atoms with Gasteiger partial charge in [0, 0.05) is 31.1 Å². The molecule has 3 heteroatoms. The van der Waals surface area contributed by atoms with Crippen molar-refractivity contribution in [3.8, 4) is 0 Å². The lowest BCUT2D eigenvalue weighted by atomic mass is 9.72. The van der Waals surface area contributed by atoms with Gasteiger partial charge in [-0.25, -0.2) is 0 Å². The number of aryl methyl sites for hydroxylation is 1. The third kappa shape index (κ3) is 2.98. The van der Waals surface area contributed by atoms with Crippen molar-refractivity contribution < 1.29 is 9.53 Å². The molecule has 0 aromatic heterocycles. The monoisotopic (exact) mass is 287 g/mol. The van der Waals surface area contributed by atoms with Crippen LogP contribution in [0.4, 0.5) is 0 Å². The maximum absolute atomic E-state index is 12.2. The van der Waals surface area contributed by atoms with Crippen LogP contribution in [0.25, 0.3) is 0 Å². The first-order valence-corrected chi connectivity index (χ1v) is 8.04. The fourth-order valence-corrected chi connectivity index (χ4v) is 3.55. The van der Waals surface area contributed by atoms with Gasteiger partial charge in [-0.2, -0.15) is 0 Å². The molecule has 2 atom stereocenters. The van der Waals surface area contributed by atoms with Crippen molar-refractivity contribution >= 4 is 5.91 Å². The van der Waals surface area contributed by atoms with Crippen LogP contribution in [0.15, 0.2) is 24.3 Å². The molecule has 1 saturated heterocycles. The molecule has 1 saturated carbocycles. The van der Waals surface area contributed by atoms with Crippen molar-refractivity contribution in [3.63, 3.8) is 0 Å². The summed E-state index contributed by atoms with van der Waals surface area (Å²) in [7, 11) is 0. The van der Waals surface area contributed by atoms with Crippen LogP contribution in [-0.4, -0.2) is 25.7 Å². The quantitative estimate of drug-likeness (QED) is 0.925. The SMILES string of the molecule is Cc1ccccc1C1(CNC(=O)[C@H]2C[C@@H]2C)CCOCC1. The molecular formula is C18H25NO2. The molecule has 0 spiro atoms. The molecule has 0 radical (unpaired) electrons. The molecule has 3 rings (SSSR count). The predicted molar refractivity (Wildman–Crippen MR) is 83.2 cm³/mol. The van der Waals surface area contributed by atoms with Gasteiger partial charge >= 0.3 is 0 Å². The molecule has 21 heavy (non-hydrogen) atoms. The molecule has 1 N–H and O–H groups in total. The first-order chi connectivity index (χ1) is 10.1. The summed E-state index contributed by atoms with van der Waals surface area (Å²) >= 11 is 0. The lowest BCUT2D eigenvalue weighted by Crippen LogP contribution is -2.45. The molecule has 1 heterocycles. The van der Waals surface area contributed by atoms with Crippen LogP contribution in [-0.2, 0) is 14.9 Å². The van der Waals surface area contributed by atoms with Crippen molar-refractivity contribution in [1.29, 1.82) is 0 Å². The number of hydrogen-bond donors (Lipinski definition) is 1. The Hall–Kier alpha value is -1.35. The Balaban J connectivity index is 1.77. The Bertz CT molecular complexity index is 520. The molecule has 2 aliphatic rings. The Morgan fingerprint density at radius 3 is 2.62 bits per heavy atom. The number of rotatable bonds is 4. The van der Waals surface area contributed by atoms with Crippen LogP contribution in [0, 0.1) is 18.8 Å². The predicted octanol–water partition coefficient (Wildman–Crippen LogP) is 2.82. The normalized spacial score (nSPS) is 27.1. The molecule has 0 unspecified atom stereocenters. The smallest absolute Gasteiger partial charge is 0.223 e. The number of carbonyl (C=O) groups excluding carboxylic acids is 1. The highest BCUT2D eigenvalue weighted by Gasteiger charge is 2.41. The van der Waals surface area contributed by atoms with Crippen LogP contribution < -0.4 is 5.32 Å². The number of nitrogens with one attached hydrogen (secondary N) is 1. The first-order valence-electron chi connectivity index (χ1n) is 8.04. The second-order valence-electron chi connectivity index (χ2n) is 6.74. The van der Waals surface area contributed by atoms with Crippen LogP contribution in [0.3, 0.4) is 0 Å². The van der Waals surface area contributed by atoms with Gasteiger partial charge in [-0.1, -0.05) is 31.2 Å². The minimum Gasteiger partial charge on any atom is -0.381 e. The number of benzene rings is 1. The summed E-state index contributed by atoms with van der Waals surface area (Å²) in [6, 6.07) is 8.56. The van der Waals surface area contributed by atoms with E-state index >= 15 is 0 Å². The van der Waals surface area contributed by atoms with Gasteiger partial charge in [0.2, 0.25) is 5.91 Å². The van der Waals surface area contributed by atoms with Gasteiger partial charge in [0.1, 0.15) is 0 Å². The zero-order valence-corrected chi connectivity index (χ0v) is 13.0. The molecule has 1 aromatic carbocycles. The Morgan fingerprint density at radius 1 is 1.33 bits per heavy atom. The molecule has 3 nitrogen and oxygen atoms in total. The van der Waals surface area contributed by atoms with E-state index in [1.165, 1.54) is 11.1 Å². The number of ether oxygens (including phenoxy) is 1. The maximum Gasteiger partial charge on any atom is 0.223 e. The Morgan fingerprint density at radius 2 is 2.00 bits per heavy atom. The van der Waals surface area contributed by atoms with E-state index in [0.29, 0.717) is 5.92 Å². The van der Waals surface area contributed by atoms with Crippen molar-refractivity contribution in [2.45, 2.75) is 38.5 Å². The van der Waals surface area contributed by atoms with Crippen LogP contribution in [0.2, 0.25) is 0 Å². The van der Waals surface area contributed by atoms with Crippen molar-refractivity contribution in [3.05, 3.63) is 35.4 Å². The van der Waals surface area contributed by atoms with Crippen molar-refractivity contribution in [2.24, 2.45) is 11.8 Å². The van der Waals surface area contributed by atoms with Gasteiger partial charge in [0.25, 0.3) is 0 Å². The zero-order valence-electron chi connectivity index (χ0n) is 13.0. The molecule has 0 bridgehead atoms. The van der Waals surface area contributed by atoms with Crippen LogP contribution in [0.5, 0.6) is 0 Å². The average molecular weight is 287 g/mol. The number of hydrogen-bond acceptors (Lipinski definition) is 2. The topological polar surface area (TPSA) is 38.3 Å². The largest absolute Gasteiger partial charge is 0.381 e.